The number of ether oxygens (including phenoxy) is 2. The number of carbonyl (C=O) groups excluding carboxylic acids is 1. The fourth-order valence-electron chi connectivity index (χ4n) is 1.43. The van der Waals surface area contributed by atoms with Crippen LogP contribution in [-0.4, -0.2) is 34.2 Å². The van der Waals surface area contributed by atoms with Crippen LogP contribution in [0.4, 0.5) is 0 Å². The van der Waals surface area contributed by atoms with Gasteiger partial charge in [0.2, 0.25) is 0 Å². The Morgan fingerprint density at radius 3 is 2.53 bits per heavy atom. The van der Waals surface area contributed by atoms with E-state index in [9.17, 15) is 4.79 Å². The maximum atomic E-state index is 11.5. The summed E-state index contributed by atoms with van der Waals surface area (Å²) in [7, 11) is 0. The van der Waals surface area contributed by atoms with Crippen molar-refractivity contribution in [2.24, 2.45) is 0 Å². The van der Waals surface area contributed by atoms with Gasteiger partial charge < -0.3 is 14.8 Å². The van der Waals surface area contributed by atoms with Crippen LogP contribution in [-0.2, 0) is 14.3 Å². The van der Waals surface area contributed by atoms with Crippen LogP contribution in [0.15, 0.2) is 12.7 Å². The highest BCUT2D eigenvalue weighted by atomic mass is 35.6. The van der Waals surface area contributed by atoms with E-state index < -0.39 is 21.5 Å². The second kappa shape index (κ2) is 5.33. The zero-order chi connectivity index (χ0) is 13.3. The highest BCUT2D eigenvalue weighted by molar-refractivity contribution is 6.76. The minimum atomic E-state index is -2.00. The molecule has 0 radical (unpaired) electrons. The Balaban J connectivity index is 2.62. The zero-order valence-corrected chi connectivity index (χ0v) is 11.8. The van der Waals surface area contributed by atoms with Crippen LogP contribution >= 0.6 is 34.8 Å². The summed E-state index contributed by atoms with van der Waals surface area (Å²) in [4.78, 5) is 11.5. The van der Waals surface area contributed by atoms with Crippen molar-refractivity contribution in [1.29, 1.82) is 0 Å². The van der Waals surface area contributed by atoms with Crippen molar-refractivity contribution in [2.45, 2.75) is 35.6 Å². The van der Waals surface area contributed by atoms with Gasteiger partial charge in [0, 0.05) is 0 Å². The second-order valence-electron chi connectivity index (χ2n) is 4.10. The number of hydrogen-bond acceptors (Lipinski definition) is 3. The molecule has 0 aliphatic carbocycles. The van der Waals surface area contributed by atoms with Crippen LogP contribution in [0.25, 0.3) is 0 Å². The van der Waals surface area contributed by atoms with E-state index >= 15 is 0 Å². The minimum Gasteiger partial charge on any atom is -0.348 e. The van der Waals surface area contributed by atoms with Crippen molar-refractivity contribution in [3.63, 3.8) is 0 Å². The van der Waals surface area contributed by atoms with Gasteiger partial charge >= 0.3 is 0 Å². The number of nitrogens with one attached hydrogen (secondary N) is 1. The van der Waals surface area contributed by atoms with E-state index in [1.807, 2.05) is 0 Å². The quantitative estimate of drug-likeness (QED) is 0.642. The first-order valence-corrected chi connectivity index (χ1v) is 6.11. The Kier molecular flexibility index (Phi) is 4.72. The van der Waals surface area contributed by atoms with E-state index in [0.717, 1.165) is 0 Å². The van der Waals surface area contributed by atoms with Crippen molar-refractivity contribution in [3.8, 4) is 0 Å². The minimum absolute atomic E-state index is 0.337. The Labute approximate surface area is 115 Å². The SMILES string of the molecule is C=C[C@@H](NC(=O)C(Cl)(Cl)Cl)[C@H]1COC(C)(C)O1. The van der Waals surface area contributed by atoms with Crippen LogP contribution < -0.4 is 5.32 Å². The summed E-state index contributed by atoms with van der Waals surface area (Å²) in [5.74, 6) is -1.41. The molecule has 17 heavy (non-hydrogen) atoms. The van der Waals surface area contributed by atoms with E-state index in [1.54, 1.807) is 13.8 Å². The smallest absolute Gasteiger partial charge is 0.272 e. The summed E-state index contributed by atoms with van der Waals surface area (Å²) in [6, 6.07) is -0.472. The monoisotopic (exact) mass is 301 g/mol. The summed E-state index contributed by atoms with van der Waals surface area (Å²) in [5, 5.41) is 2.53. The molecule has 4 nitrogen and oxygen atoms in total. The molecule has 98 valence electrons. The lowest BCUT2D eigenvalue weighted by molar-refractivity contribution is -0.142. The van der Waals surface area contributed by atoms with Gasteiger partial charge in [0.1, 0.15) is 6.10 Å². The second-order valence-corrected chi connectivity index (χ2v) is 6.38. The van der Waals surface area contributed by atoms with E-state index in [4.69, 9.17) is 44.3 Å². The van der Waals surface area contributed by atoms with E-state index in [-0.39, 0.29) is 6.10 Å². The van der Waals surface area contributed by atoms with Crippen LogP contribution in [0.3, 0.4) is 0 Å². The first kappa shape index (κ1) is 15.1. The first-order chi connectivity index (χ1) is 7.65. The molecule has 0 aromatic rings. The molecule has 0 spiro atoms. The molecule has 0 aromatic carbocycles. The topological polar surface area (TPSA) is 47.6 Å². The predicted octanol–water partition coefficient (Wildman–Crippen LogP) is 2.18. The Morgan fingerprint density at radius 2 is 2.18 bits per heavy atom. The number of halogens is 3. The Bertz CT molecular complexity index is 314. The molecular formula is C10H14Cl3NO3. The van der Waals surface area contributed by atoms with E-state index in [1.165, 1.54) is 6.08 Å². The highest BCUT2D eigenvalue weighted by Crippen LogP contribution is 2.28. The van der Waals surface area contributed by atoms with Gasteiger partial charge in [-0.05, 0) is 13.8 Å². The normalized spacial score (nSPS) is 25.4. The van der Waals surface area contributed by atoms with E-state index in [0.29, 0.717) is 6.61 Å². The maximum Gasteiger partial charge on any atom is 0.272 e. The molecule has 0 bridgehead atoms. The van der Waals surface area contributed by atoms with Gasteiger partial charge in [-0.25, -0.2) is 0 Å². The Hall–Kier alpha value is -0.0000000000000000416. The zero-order valence-electron chi connectivity index (χ0n) is 9.50. The Morgan fingerprint density at radius 1 is 1.59 bits per heavy atom. The summed E-state index contributed by atoms with van der Waals surface area (Å²) >= 11 is 16.4. The molecule has 7 heteroatoms. The maximum absolute atomic E-state index is 11.5. The molecule has 1 aliphatic rings. The highest BCUT2D eigenvalue weighted by Gasteiger charge is 2.39. The third kappa shape index (κ3) is 4.30. The number of alkyl halides is 3. The van der Waals surface area contributed by atoms with Crippen LogP contribution in [0.1, 0.15) is 13.8 Å². The third-order valence-electron chi connectivity index (χ3n) is 2.24. The van der Waals surface area contributed by atoms with Gasteiger partial charge in [-0.1, -0.05) is 40.9 Å². The molecule has 1 rings (SSSR count). The van der Waals surface area contributed by atoms with Crippen molar-refractivity contribution in [3.05, 3.63) is 12.7 Å². The molecule has 0 saturated carbocycles. The molecular weight excluding hydrogens is 288 g/mol. The van der Waals surface area contributed by atoms with Gasteiger partial charge in [0.15, 0.2) is 5.79 Å². The van der Waals surface area contributed by atoms with Crippen LogP contribution in [0, 0.1) is 0 Å². The summed E-state index contributed by atoms with van der Waals surface area (Å²) in [6.07, 6.45) is 1.17. The molecule has 0 aromatic heterocycles. The van der Waals surface area contributed by atoms with Crippen molar-refractivity contribution < 1.29 is 14.3 Å². The molecule has 1 heterocycles. The molecule has 2 atom stereocenters. The molecule has 1 N–H and O–H groups in total. The van der Waals surface area contributed by atoms with Gasteiger partial charge in [-0.15, -0.1) is 6.58 Å². The summed E-state index contributed by atoms with van der Waals surface area (Å²) < 4.78 is 8.96. The third-order valence-corrected chi connectivity index (χ3v) is 2.76. The largest absolute Gasteiger partial charge is 0.348 e. The summed E-state index contributed by atoms with van der Waals surface area (Å²) in [5.41, 5.74) is 0. The molecule has 1 fully saturated rings. The van der Waals surface area contributed by atoms with Gasteiger partial charge in [0.25, 0.3) is 9.70 Å². The lowest BCUT2D eigenvalue weighted by Crippen LogP contribution is -2.47. The molecule has 1 aliphatic heterocycles. The number of carbonyl (C=O) groups is 1. The van der Waals surface area contributed by atoms with Gasteiger partial charge in [-0.2, -0.15) is 0 Å². The van der Waals surface area contributed by atoms with Crippen molar-refractivity contribution >= 4 is 40.7 Å². The van der Waals surface area contributed by atoms with E-state index in [2.05, 4.69) is 11.9 Å². The standard InChI is InChI=1S/C10H14Cl3NO3/c1-4-6(14-8(15)10(11,12)13)7-5-16-9(2,3)17-7/h4,6-7H,1,5H2,2-3H3,(H,14,15)/t6-,7-/m1/s1. The molecule has 1 amide bonds. The number of rotatable bonds is 3. The number of hydrogen-bond donors (Lipinski definition) is 1. The predicted molar refractivity (Wildman–Crippen MR) is 67.3 cm³/mol. The summed E-state index contributed by atoms with van der Waals surface area (Å²) in [6.45, 7) is 7.51. The molecule has 0 unspecified atom stereocenters. The van der Waals surface area contributed by atoms with Gasteiger partial charge in [0.05, 0.1) is 12.6 Å². The number of amides is 1. The lowest BCUT2D eigenvalue weighted by Gasteiger charge is -2.24. The van der Waals surface area contributed by atoms with Crippen molar-refractivity contribution in [1.82, 2.24) is 5.32 Å². The molecule has 1 saturated heterocycles. The fraction of sp³-hybridized carbons (Fsp3) is 0.700. The van der Waals surface area contributed by atoms with Gasteiger partial charge in [-0.3, -0.25) is 4.79 Å². The average molecular weight is 303 g/mol. The van der Waals surface area contributed by atoms with Crippen LogP contribution in [0.2, 0.25) is 0 Å². The first-order valence-electron chi connectivity index (χ1n) is 4.98. The fourth-order valence-corrected chi connectivity index (χ4v) is 1.59. The average Bonchev–Trinajstić information content (AvgIpc) is 2.53. The van der Waals surface area contributed by atoms with Crippen LogP contribution in [0.5, 0.6) is 0 Å². The lowest BCUT2D eigenvalue weighted by atomic mass is 10.1. The van der Waals surface area contributed by atoms with Crippen molar-refractivity contribution in [2.75, 3.05) is 6.61 Å².